The molecule has 0 aliphatic carbocycles. The predicted molar refractivity (Wildman–Crippen MR) is 68.5 cm³/mol. The van der Waals surface area contributed by atoms with Crippen LogP contribution in [0.25, 0.3) is 0 Å². The summed E-state index contributed by atoms with van der Waals surface area (Å²) in [5, 5.41) is 0. The van der Waals surface area contributed by atoms with Gasteiger partial charge in [-0.15, -0.1) is 0 Å². The fourth-order valence-corrected chi connectivity index (χ4v) is 1.70. The Labute approximate surface area is 158 Å². The Morgan fingerprint density at radius 3 is 2.45 bits per heavy atom. The second-order valence-electron chi connectivity index (χ2n) is 4.17. The van der Waals surface area contributed by atoms with Gasteiger partial charge in [0.15, 0.2) is 0 Å². The maximum atomic E-state index is 12.8. The molecule has 1 aromatic heterocycles. The number of pyridine rings is 1. The van der Waals surface area contributed by atoms with E-state index < -0.39 is 12.4 Å². The number of benzene rings is 1. The van der Waals surface area contributed by atoms with E-state index in [9.17, 15) is 12.9 Å². The molecule has 100 valence electrons. The van der Waals surface area contributed by atoms with E-state index in [1.807, 2.05) is 13.0 Å². The monoisotopic (exact) mass is 305 g/mol. The molecule has 2 rings (SSSR count). The summed E-state index contributed by atoms with van der Waals surface area (Å²) >= 11 is 0. The smallest absolute Gasteiger partial charge is 0.490 e. The van der Waals surface area contributed by atoms with Crippen molar-refractivity contribution < 1.29 is 69.1 Å². The van der Waals surface area contributed by atoms with Crippen LogP contribution in [0.2, 0.25) is 0 Å². The predicted octanol–water partition coefficient (Wildman–Crippen LogP) is 0.0274. The van der Waals surface area contributed by atoms with Gasteiger partial charge in [0, 0.05) is 6.20 Å². The van der Waals surface area contributed by atoms with Crippen LogP contribution in [0.3, 0.4) is 0 Å². The first kappa shape index (κ1) is 17.7. The second-order valence-corrected chi connectivity index (χ2v) is 4.17. The first-order valence-corrected chi connectivity index (χ1v) is 5.80. The number of hydrogen-bond acceptors (Lipinski definition) is 2. The number of aryl methyl sites for hydroxylation is 1. The van der Waals surface area contributed by atoms with E-state index in [0.717, 1.165) is 11.6 Å². The molecule has 0 unspecified atom stereocenters. The van der Waals surface area contributed by atoms with Crippen molar-refractivity contribution in [3.05, 3.63) is 53.9 Å². The third-order valence-corrected chi connectivity index (χ3v) is 2.75. The molecule has 0 aliphatic rings. The minimum absolute atomic E-state index is 0. The maximum absolute atomic E-state index is 12.8. The molecule has 0 saturated heterocycles. The molecule has 7 heteroatoms. The minimum atomic E-state index is -5.08. The number of nitrogens with zero attached hydrogens (tertiary/aromatic N) is 1. The first-order chi connectivity index (χ1) is 8.98. The molecule has 0 amide bonds. The summed E-state index contributed by atoms with van der Waals surface area (Å²) < 4.78 is 43.7. The van der Waals surface area contributed by atoms with Gasteiger partial charge in [0.1, 0.15) is 6.61 Å². The van der Waals surface area contributed by atoms with Gasteiger partial charge in [-0.25, -0.2) is 0 Å². The van der Waals surface area contributed by atoms with Crippen molar-refractivity contribution in [2.45, 2.75) is 13.5 Å². The Bertz CT molecular complexity index is 578. The zero-order valence-electron chi connectivity index (χ0n) is 11.3. The SMILES string of the molecule is Cc1cccnc1COc1ccccc1[B-](F)(F)F.[K+]. The molecule has 0 aliphatic heterocycles. The average molecular weight is 305 g/mol. The fraction of sp³-hybridized carbons (Fsp3) is 0.154. The Morgan fingerprint density at radius 2 is 1.80 bits per heavy atom. The van der Waals surface area contributed by atoms with E-state index >= 15 is 0 Å². The summed E-state index contributed by atoms with van der Waals surface area (Å²) in [6, 6.07) is 8.83. The molecule has 0 fully saturated rings. The number of ether oxygens (including phenoxy) is 1. The summed E-state index contributed by atoms with van der Waals surface area (Å²) in [5.74, 6) is -0.153. The Kier molecular flexibility index (Phi) is 6.74. The van der Waals surface area contributed by atoms with Crippen LogP contribution in [0.15, 0.2) is 42.6 Å². The summed E-state index contributed by atoms with van der Waals surface area (Å²) in [4.78, 5) is 4.08. The topological polar surface area (TPSA) is 22.1 Å². The Balaban J connectivity index is 0.00000200. The van der Waals surface area contributed by atoms with Crippen LogP contribution in [-0.2, 0) is 6.61 Å². The van der Waals surface area contributed by atoms with Crippen molar-refractivity contribution in [3.8, 4) is 5.75 Å². The van der Waals surface area contributed by atoms with Crippen LogP contribution < -0.4 is 61.6 Å². The van der Waals surface area contributed by atoms with E-state index in [1.54, 1.807) is 12.3 Å². The zero-order chi connectivity index (χ0) is 13.9. The molecule has 2 aromatic rings. The van der Waals surface area contributed by atoms with E-state index in [2.05, 4.69) is 4.98 Å². The van der Waals surface area contributed by atoms with Crippen molar-refractivity contribution in [1.29, 1.82) is 0 Å². The van der Waals surface area contributed by atoms with Crippen LogP contribution >= 0.6 is 0 Å². The van der Waals surface area contributed by atoms with Gasteiger partial charge in [-0.2, -0.15) is 0 Å². The van der Waals surface area contributed by atoms with Gasteiger partial charge in [-0.3, -0.25) is 4.98 Å². The van der Waals surface area contributed by atoms with Crippen LogP contribution in [-0.4, -0.2) is 12.0 Å². The third-order valence-electron chi connectivity index (χ3n) is 2.75. The van der Waals surface area contributed by atoms with Gasteiger partial charge < -0.3 is 17.7 Å². The van der Waals surface area contributed by atoms with E-state index in [-0.39, 0.29) is 63.7 Å². The Morgan fingerprint density at radius 1 is 1.10 bits per heavy atom. The molecule has 20 heavy (non-hydrogen) atoms. The average Bonchev–Trinajstić information content (AvgIpc) is 2.37. The van der Waals surface area contributed by atoms with Gasteiger partial charge in [-0.05, 0) is 24.6 Å². The number of aromatic nitrogens is 1. The Hall–Kier alpha value is -0.339. The zero-order valence-corrected chi connectivity index (χ0v) is 14.4. The molecular weight excluding hydrogens is 293 g/mol. The van der Waals surface area contributed by atoms with Crippen molar-refractivity contribution in [1.82, 2.24) is 4.98 Å². The summed E-state index contributed by atoms with van der Waals surface area (Å²) in [6.07, 6.45) is 1.59. The van der Waals surface area contributed by atoms with Gasteiger partial charge in [-0.1, -0.05) is 29.7 Å². The van der Waals surface area contributed by atoms with E-state index in [4.69, 9.17) is 4.74 Å². The molecule has 0 bridgehead atoms. The van der Waals surface area contributed by atoms with Crippen LogP contribution in [0, 0.1) is 6.92 Å². The summed E-state index contributed by atoms with van der Waals surface area (Å²) in [7, 11) is 0. The standard InChI is InChI=1S/C13H12BF3NO.K/c1-10-5-4-8-18-12(10)9-19-13-7-3-2-6-11(13)14(15,16)17;/h2-8H,9H2,1H3;/q-1;+1. The number of para-hydroxylation sites is 1. The molecule has 2 nitrogen and oxygen atoms in total. The molecule has 1 aromatic carbocycles. The molecule has 0 saturated carbocycles. The normalized spacial score (nSPS) is 10.8. The third kappa shape index (κ3) is 4.60. The van der Waals surface area contributed by atoms with Crippen molar-refractivity contribution in [2.75, 3.05) is 0 Å². The molecule has 0 radical (unpaired) electrons. The number of rotatable bonds is 4. The van der Waals surface area contributed by atoms with Gasteiger partial charge in [0.2, 0.25) is 0 Å². The summed E-state index contributed by atoms with van der Waals surface area (Å²) in [5.41, 5.74) is 0.806. The van der Waals surface area contributed by atoms with Crippen LogP contribution in [0.1, 0.15) is 11.3 Å². The quantitative estimate of drug-likeness (QED) is 0.744. The maximum Gasteiger partial charge on any atom is 1.00 e. The second kappa shape index (κ2) is 7.61. The van der Waals surface area contributed by atoms with Gasteiger partial charge in [0.05, 0.1) is 11.4 Å². The molecule has 1 heterocycles. The van der Waals surface area contributed by atoms with Crippen molar-refractivity contribution >= 4 is 12.4 Å². The molecular formula is C13H12BF3KNO. The molecule has 0 atom stereocenters. The summed E-state index contributed by atoms with van der Waals surface area (Å²) in [6.45, 7) is -3.21. The van der Waals surface area contributed by atoms with Crippen LogP contribution in [0.4, 0.5) is 12.9 Å². The van der Waals surface area contributed by atoms with Gasteiger partial charge in [0.25, 0.3) is 0 Å². The first-order valence-electron chi connectivity index (χ1n) is 5.80. The van der Waals surface area contributed by atoms with Crippen molar-refractivity contribution in [2.24, 2.45) is 0 Å². The minimum Gasteiger partial charge on any atom is -0.490 e. The molecule has 0 N–H and O–H groups in total. The van der Waals surface area contributed by atoms with E-state index in [0.29, 0.717) is 5.69 Å². The fourth-order valence-electron chi connectivity index (χ4n) is 1.70. The van der Waals surface area contributed by atoms with Gasteiger partial charge >= 0.3 is 58.4 Å². The molecule has 0 spiro atoms. The van der Waals surface area contributed by atoms with E-state index in [1.165, 1.54) is 18.2 Å². The number of hydrogen-bond donors (Lipinski definition) is 0. The largest absolute Gasteiger partial charge is 1.00 e. The van der Waals surface area contributed by atoms with Crippen molar-refractivity contribution in [3.63, 3.8) is 0 Å². The number of halogens is 3. The van der Waals surface area contributed by atoms with Crippen LogP contribution in [0.5, 0.6) is 5.75 Å².